The molecule has 0 bridgehead atoms. The fraction of sp³-hybridized carbons (Fsp3) is 0.136. The van der Waals surface area contributed by atoms with Crippen molar-refractivity contribution in [3.8, 4) is 5.69 Å². The van der Waals surface area contributed by atoms with Crippen LogP contribution in [0.5, 0.6) is 0 Å². The second-order valence-electron chi connectivity index (χ2n) is 6.73. The van der Waals surface area contributed by atoms with Crippen molar-refractivity contribution in [2.24, 2.45) is 0 Å². The van der Waals surface area contributed by atoms with E-state index in [-0.39, 0.29) is 17.6 Å². The van der Waals surface area contributed by atoms with Gasteiger partial charge in [-0.1, -0.05) is 24.3 Å². The smallest absolute Gasteiger partial charge is 0.336 e. The molecular weight excluding hydrogens is 389 g/mol. The third-order valence-electron chi connectivity index (χ3n) is 4.87. The standard InChI is InChI=1S/C22H18FN3O4/c1-14(20(27)24-13-15-7-6-12-30-15)25-18-10-4-2-8-16(18)21(28)26(22(25)29)19-11-5-3-9-17(19)23/h2-12,14H,13H2,1H3,(H,24,27)/t14-/m1/s1. The van der Waals surface area contributed by atoms with Crippen molar-refractivity contribution in [3.05, 3.63) is 99.3 Å². The molecule has 8 heteroatoms. The van der Waals surface area contributed by atoms with Gasteiger partial charge < -0.3 is 9.73 Å². The molecule has 4 aromatic rings. The van der Waals surface area contributed by atoms with Gasteiger partial charge in [0, 0.05) is 0 Å². The Hall–Kier alpha value is -3.94. The highest BCUT2D eigenvalue weighted by Crippen LogP contribution is 2.16. The summed E-state index contributed by atoms with van der Waals surface area (Å²) >= 11 is 0. The van der Waals surface area contributed by atoms with Crippen molar-refractivity contribution >= 4 is 16.8 Å². The lowest BCUT2D eigenvalue weighted by Gasteiger charge is -2.19. The Bertz CT molecular complexity index is 1340. The summed E-state index contributed by atoms with van der Waals surface area (Å²) in [6, 6.07) is 14.4. The van der Waals surface area contributed by atoms with E-state index < -0.39 is 29.0 Å². The summed E-state index contributed by atoms with van der Waals surface area (Å²) in [5, 5.41) is 2.91. The predicted molar refractivity (Wildman–Crippen MR) is 109 cm³/mol. The molecule has 1 atom stereocenters. The van der Waals surface area contributed by atoms with E-state index >= 15 is 0 Å². The third-order valence-corrected chi connectivity index (χ3v) is 4.87. The van der Waals surface area contributed by atoms with Gasteiger partial charge in [-0.2, -0.15) is 0 Å². The number of carbonyl (C=O) groups is 1. The Labute approximate surface area is 170 Å². The van der Waals surface area contributed by atoms with Gasteiger partial charge in [-0.15, -0.1) is 0 Å². The number of rotatable bonds is 5. The van der Waals surface area contributed by atoms with E-state index in [0.29, 0.717) is 11.3 Å². The minimum absolute atomic E-state index is 0.149. The van der Waals surface area contributed by atoms with Gasteiger partial charge in [0.2, 0.25) is 5.91 Å². The molecule has 0 saturated carbocycles. The zero-order valence-corrected chi connectivity index (χ0v) is 16.0. The SMILES string of the molecule is C[C@H](C(=O)NCc1ccco1)n1c(=O)n(-c2ccccc2F)c(=O)c2ccccc21. The summed E-state index contributed by atoms with van der Waals surface area (Å²) in [6.45, 7) is 1.69. The quantitative estimate of drug-likeness (QED) is 0.551. The van der Waals surface area contributed by atoms with Crippen LogP contribution >= 0.6 is 0 Å². The van der Waals surface area contributed by atoms with Crippen LogP contribution in [0, 0.1) is 5.82 Å². The number of para-hydroxylation sites is 2. The molecule has 152 valence electrons. The van der Waals surface area contributed by atoms with E-state index in [2.05, 4.69) is 5.32 Å². The summed E-state index contributed by atoms with van der Waals surface area (Å²) in [4.78, 5) is 39.1. The molecule has 1 amide bonds. The minimum atomic E-state index is -0.962. The highest BCUT2D eigenvalue weighted by atomic mass is 19.1. The first kappa shape index (κ1) is 19.4. The van der Waals surface area contributed by atoms with Crippen molar-refractivity contribution in [3.63, 3.8) is 0 Å². The number of nitrogens with zero attached hydrogens (tertiary/aromatic N) is 2. The number of fused-ring (bicyclic) bond motifs is 1. The highest BCUT2D eigenvalue weighted by Gasteiger charge is 2.23. The maximum absolute atomic E-state index is 14.4. The maximum Gasteiger partial charge on any atom is 0.336 e. The van der Waals surface area contributed by atoms with Crippen LogP contribution in [0.3, 0.4) is 0 Å². The van der Waals surface area contributed by atoms with E-state index in [4.69, 9.17) is 4.42 Å². The normalized spacial score (nSPS) is 12.1. The number of amides is 1. The van der Waals surface area contributed by atoms with Gasteiger partial charge in [0.05, 0.1) is 29.4 Å². The zero-order valence-electron chi connectivity index (χ0n) is 16.0. The minimum Gasteiger partial charge on any atom is -0.467 e. The molecule has 0 aliphatic rings. The molecular formula is C22H18FN3O4. The van der Waals surface area contributed by atoms with Crippen LogP contribution in [0.4, 0.5) is 4.39 Å². The van der Waals surface area contributed by atoms with Crippen LogP contribution < -0.4 is 16.6 Å². The van der Waals surface area contributed by atoms with Crippen LogP contribution in [0.25, 0.3) is 16.6 Å². The molecule has 0 unspecified atom stereocenters. The van der Waals surface area contributed by atoms with Crippen LogP contribution in [0.15, 0.2) is 80.9 Å². The third kappa shape index (κ3) is 3.32. The molecule has 0 saturated heterocycles. The molecule has 4 rings (SSSR count). The fourth-order valence-electron chi connectivity index (χ4n) is 3.35. The number of benzene rings is 2. The van der Waals surface area contributed by atoms with Crippen molar-refractivity contribution in [1.29, 1.82) is 0 Å². The van der Waals surface area contributed by atoms with Crippen LogP contribution in [-0.2, 0) is 11.3 Å². The molecule has 2 heterocycles. The number of carbonyl (C=O) groups excluding carboxylic acids is 1. The number of halogens is 1. The molecule has 0 radical (unpaired) electrons. The van der Waals surface area contributed by atoms with Crippen LogP contribution in [-0.4, -0.2) is 15.0 Å². The second-order valence-corrected chi connectivity index (χ2v) is 6.73. The summed E-state index contributed by atoms with van der Waals surface area (Å²) in [6.07, 6.45) is 1.49. The maximum atomic E-state index is 14.4. The average Bonchev–Trinajstić information content (AvgIpc) is 3.27. The van der Waals surface area contributed by atoms with Crippen LogP contribution in [0.2, 0.25) is 0 Å². The number of furan rings is 1. The zero-order chi connectivity index (χ0) is 21.3. The Balaban J connectivity index is 1.87. The largest absolute Gasteiger partial charge is 0.467 e. The molecule has 0 spiro atoms. The molecule has 30 heavy (non-hydrogen) atoms. The molecule has 2 aromatic carbocycles. The molecule has 0 aliphatic carbocycles. The molecule has 1 N–H and O–H groups in total. The molecule has 2 aromatic heterocycles. The van der Waals surface area contributed by atoms with E-state index in [9.17, 15) is 18.8 Å². The first-order valence-electron chi connectivity index (χ1n) is 9.30. The molecule has 0 fully saturated rings. The highest BCUT2D eigenvalue weighted by molar-refractivity contribution is 5.84. The van der Waals surface area contributed by atoms with E-state index in [1.54, 1.807) is 43.3 Å². The summed E-state index contributed by atoms with van der Waals surface area (Å²) in [5.41, 5.74) is -1.33. The van der Waals surface area contributed by atoms with Gasteiger partial charge >= 0.3 is 5.69 Å². The van der Waals surface area contributed by atoms with Crippen LogP contribution in [0.1, 0.15) is 18.7 Å². The number of hydrogen-bond donors (Lipinski definition) is 1. The van der Waals surface area contributed by atoms with Gasteiger partial charge in [0.15, 0.2) is 0 Å². The van der Waals surface area contributed by atoms with Crippen molar-refractivity contribution in [2.75, 3.05) is 0 Å². The van der Waals surface area contributed by atoms with Crippen molar-refractivity contribution < 1.29 is 13.6 Å². The lowest BCUT2D eigenvalue weighted by Crippen LogP contribution is -2.43. The lowest BCUT2D eigenvalue weighted by molar-refractivity contribution is -0.124. The topological polar surface area (TPSA) is 86.2 Å². The summed E-state index contributed by atoms with van der Waals surface area (Å²) in [5.74, 6) is -0.602. The Morgan fingerprint density at radius 3 is 2.53 bits per heavy atom. The molecule has 7 nitrogen and oxygen atoms in total. The van der Waals surface area contributed by atoms with Crippen molar-refractivity contribution in [2.45, 2.75) is 19.5 Å². The Morgan fingerprint density at radius 2 is 1.80 bits per heavy atom. The first-order valence-corrected chi connectivity index (χ1v) is 9.30. The van der Waals surface area contributed by atoms with Crippen molar-refractivity contribution in [1.82, 2.24) is 14.5 Å². The Morgan fingerprint density at radius 1 is 1.07 bits per heavy atom. The Kier molecular flexibility index (Phi) is 5.05. The van der Waals surface area contributed by atoms with Gasteiger partial charge in [0.25, 0.3) is 5.56 Å². The van der Waals surface area contributed by atoms with Gasteiger partial charge in [-0.3, -0.25) is 14.2 Å². The molecule has 0 aliphatic heterocycles. The van der Waals surface area contributed by atoms with E-state index in [1.165, 1.54) is 35.1 Å². The number of hydrogen-bond acceptors (Lipinski definition) is 4. The summed E-state index contributed by atoms with van der Waals surface area (Å²) < 4.78 is 21.6. The van der Waals surface area contributed by atoms with E-state index in [1.807, 2.05) is 0 Å². The van der Waals surface area contributed by atoms with E-state index in [0.717, 1.165) is 4.57 Å². The summed E-state index contributed by atoms with van der Waals surface area (Å²) in [7, 11) is 0. The number of aromatic nitrogens is 2. The number of nitrogens with one attached hydrogen (secondary N) is 1. The first-order chi connectivity index (χ1) is 14.5. The predicted octanol–water partition coefficient (Wildman–Crippen LogP) is 2.76. The average molecular weight is 407 g/mol. The van der Waals surface area contributed by atoms with Gasteiger partial charge in [0.1, 0.15) is 17.6 Å². The van der Waals surface area contributed by atoms with Gasteiger partial charge in [-0.25, -0.2) is 13.8 Å². The lowest BCUT2D eigenvalue weighted by atomic mass is 10.2. The fourth-order valence-corrected chi connectivity index (χ4v) is 3.35. The second kappa shape index (κ2) is 7.82. The monoisotopic (exact) mass is 407 g/mol. The van der Waals surface area contributed by atoms with Gasteiger partial charge in [-0.05, 0) is 43.3 Å².